The summed E-state index contributed by atoms with van der Waals surface area (Å²) in [5, 5.41) is 15.0. The third-order valence-corrected chi connectivity index (χ3v) is 8.33. The molecule has 3 aromatic rings. The summed E-state index contributed by atoms with van der Waals surface area (Å²) >= 11 is 12.6. The van der Waals surface area contributed by atoms with Crippen molar-refractivity contribution in [3.05, 3.63) is 45.7 Å². The Hall–Kier alpha value is -2.95. The Labute approximate surface area is 237 Å². The first kappa shape index (κ1) is 27.6. The monoisotopic (exact) mass is 573 g/mol. The highest BCUT2D eigenvalue weighted by molar-refractivity contribution is 6.35. The fourth-order valence-corrected chi connectivity index (χ4v) is 6.15. The summed E-state index contributed by atoms with van der Waals surface area (Å²) in [6, 6.07) is 5.03. The SMILES string of the molecule is Cc1nn(C(C)c2ccc(Cl)cc2Cl)c2nc(N3CCN(C(=O)C4CCCCN4CCC(=O)O)CC3)cnc12. The smallest absolute Gasteiger partial charge is 0.304 e. The van der Waals surface area contributed by atoms with E-state index >= 15 is 0 Å². The third-order valence-electron chi connectivity index (χ3n) is 7.77. The number of carboxylic acid groups (broad SMARTS) is 1. The molecule has 39 heavy (non-hydrogen) atoms. The molecule has 208 valence electrons. The van der Waals surface area contributed by atoms with Crippen molar-refractivity contribution in [2.45, 2.75) is 51.6 Å². The molecule has 1 N–H and O–H groups in total. The van der Waals surface area contributed by atoms with Crippen LogP contribution in [0.5, 0.6) is 0 Å². The number of hydrogen-bond donors (Lipinski definition) is 1. The molecule has 2 aromatic heterocycles. The number of hydrogen-bond acceptors (Lipinski definition) is 7. The second-order valence-corrected chi connectivity index (χ2v) is 11.1. The fraction of sp³-hybridized carbons (Fsp3) is 0.519. The molecule has 0 aliphatic carbocycles. The van der Waals surface area contributed by atoms with Crippen LogP contribution in [0.2, 0.25) is 10.0 Å². The number of carboxylic acids is 1. The number of halogens is 2. The van der Waals surface area contributed by atoms with E-state index in [1.165, 1.54) is 0 Å². The van der Waals surface area contributed by atoms with Crippen molar-refractivity contribution < 1.29 is 14.7 Å². The summed E-state index contributed by atoms with van der Waals surface area (Å²) in [5.41, 5.74) is 3.10. The van der Waals surface area contributed by atoms with E-state index in [4.69, 9.17) is 38.4 Å². The number of amides is 1. The molecule has 2 fully saturated rings. The molecule has 12 heteroatoms. The number of nitrogens with zero attached hydrogens (tertiary/aromatic N) is 7. The van der Waals surface area contributed by atoms with E-state index in [1.807, 2.05) is 40.5 Å². The van der Waals surface area contributed by atoms with Crippen molar-refractivity contribution in [3.63, 3.8) is 0 Å². The number of carbonyl (C=O) groups is 2. The van der Waals surface area contributed by atoms with Gasteiger partial charge in [0.2, 0.25) is 5.91 Å². The molecule has 0 saturated carbocycles. The van der Waals surface area contributed by atoms with Crippen molar-refractivity contribution >= 4 is 52.1 Å². The lowest BCUT2D eigenvalue weighted by atomic mass is 10.00. The van der Waals surface area contributed by atoms with Crippen LogP contribution in [0, 0.1) is 6.92 Å². The van der Waals surface area contributed by atoms with Crippen molar-refractivity contribution in [3.8, 4) is 0 Å². The number of carbonyl (C=O) groups excluding carboxylic acids is 1. The number of rotatable bonds is 7. The maximum atomic E-state index is 13.4. The Morgan fingerprint density at radius 1 is 1.13 bits per heavy atom. The molecule has 2 aliphatic heterocycles. The van der Waals surface area contributed by atoms with Gasteiger partial charge < -0.3 is 14.9 Å². The summed E-state index contributed by atoms with van der Waals surface area (Å²) < 4.78 is 1.85. The van der Waals surface area contributed by atoms with Crippen LogP contribution < -0.4 is 4.90 Å². The number of fused-ring (bicyclic) bond motifs is 1. The van der Waals surface area contributed by atoms with Gasteiger partial charge in [0.1, 0.15) is 11.3 Å². The average molecular weight is 575 g/mol. The molecule has 2 unspecified atom stereocenters. The van der Waals surface area contributed by atoms with Gasteiger partial charge in [-0.15, -0.1) is 0 Å². The number of aliphatic carboxylic acids is 1. The normalized spacial score (nSPS) is 19.4. The van der Waals surface area contributed by atoms with Crippen LogP contribution in [0.1, 0.15) is 49.9 Å². The lowest BCUT2D eigenvalue weighted by Gasteiger charge is -2.41. The lowest BCUT2D eigenvalue weighted by Crippen LogP contribution is -2.56. The topological polar surface area (TPSA) is 108 Å². The summed E-state index contributed by atoms with van der Waals surface area (Å²) in [6.07, 6.45) is 4.59. The van der Waals surface area contributed by atoms with Gasteiger partial charge in [-0.1, -0.05) is 35.7 Å². The van der Waals surface area contributed by atoms with Crippen molar-refractivity contribution in [2.75, 3.05) is 44.2 Å². The number of piperidine rings is 1. The highest BCUT2D eigenvalue weighted by atomic mass is 35.5. The Morgan fingerprint density at radius 3 is 2.62 bits per heavy atom. The second-order valence-electron chi connectivity index (χ2n) is 10.3. The van der Waals surface area contributed by atoms with Gasteiger partial charge in [-0.05, 0) is 50.9 Å². The molecule has 10 nitrogen and oxygen atoms in total. The maximum Gasteiger partial charge on any atom is 0.304 e. The highest BCUT2D eigenvalue weighted by Gasteiger charge is 2.33. The number of benzene rings is 1. The van der Waals surface area contributed by atoms with E-state index in [2.05, 4.69) is 9.88 Å². The predicted molar refractivity (Wildman–Crippen MR) is 151 cm³/mol. The molecule has 0 spiro atoms. The molecule has 1 aromatic carbocycles. The average Bonchev–Trinajstić information content (AvgIpc) is 3.27. The standard InChI is InChI=1S/C27H33Cl2N7O3/c1-17-25-26(36(32-17)18(2)20-7-6-19(28)15-21(20)29)31-23(16-30-25)34-11-13-35(14-12-34)27(39)22-5-3-4-9-33(22)10-8-24(37)38/h6-7,15-16,18,22H,3-5,8-14H2,1-2H3,(H,37,38). The van der Waals surface area contributed by atoms with Crippen LogP contribution in [0.25, 0.3) is 11.2 Å². The van der Waals surface area contributed by atoms with E-state index in [1.54, 1.807) is 12.3 Å². The minimum Gasteiger partial charge on any atom is -0.481 e. The van der Waals surface area contributed by atoms with Crippen LogP contribution in [-0.2, 0) is 9.59 Å². The second kappa shape index (κ2) is 11.7. The Balaban J connectivity index is 1.30. The highest BCUT2D eigenvalue weighted by Crippen LogP contribution is 2.31. The van der Waals surface area contributed by atoms with Gasteiger partial charge in [0.15, 0.2) is 5.65 Å². The maximum absolute atomic E-state index is 13.4. The Kier molecular flexibility index (Phi) is 8.25. The van der Waals surface area contributed by atoms with E-state index in [-0.39, 0.29) is 24.4 Å². The Bertz CT molecular complexity index is 1370. The van der Waals surface area contributed by atoms with Gasteiger partial charge in [0, 0.05) is 42.8 Å². The Morgan fingerprint density at radius 2 is 1.90 bits per heavy atom. The van der Waals surface area contributed by atoms with Gasteiger partial charge in [0.25, 0.3) is 0 Å². The van der Waals surface area contributed by atoms with Crippen LogP contribution in [-0.4, -0.2) is 91.8 Å². The van der Waals surface area contributed by atoms with Gasteiger partial charge in [-0.3, -0.25) is 14.5 Å². The van der Waals surface area contributed by atoms with Gasteiger partial charge in [-0.2, -0.15) is 5.10 Å². The zero-order valence-electron chi connectivity index (χ0n) is 22.2. The molecule has 2 atom stereocenters. The fourth-order valence-electron chi connectivity index (χ4n) is 5.58. The minimum atomic E-state index is -0.833. The summed E-state index contributed by atoms with van der Waals surface area (Å²) in [7, 11) is 0. The molecular formula is C27H33Cl2N7O3. The molecule has 1 amide bonds. The first-order valence-corrected chi connectivity index (χ1v) is 14.1. The predicted octanol–water partition coefficient (Wildman–Crippen LogP) is 4.03. The minimum absolute atomic E-state index is 0.0532. The lowest BCUT2D eigenvalue weighted by molar-refractivity contribution is -0.141. The van der Waals surface area contributed by atoms with Crippen LogP contribution in [0.15, 0.2) is 24.4 Å². The molecule has 2 saturated heterocycles. The summed E-state index contributed by atoms with van der Waals surface area (Å²) in [5.74, 6) is 0.00945. The first-order valence-electron chi connectivity index (χ1n) is 13.4. The van der Waals surface area contributed by atoms with Crippen molar-refractivity contribution in [1.29, 1.82) is 0 Å². The number of anilines is 1. The van der Waals surface area contributed by atoms with E-state index in [9.17, 15) is 9.59 Å². The van der Waals surface area contributed by atoms with Gasteiger partial charge >= 0.3 is 5.97 Å². The first-order chi connectivity index (χ1) is 18.7. The van der Waals surface area contributed by atoms with Crippen molar-refractivity contribution in [1.82, 2.24) is 29.5 Å². The van der Waals surface area contributed by atoms with E-state index in [0.717, 1.165) is 48.4 Å². The molecule has 5 rings (SSSR count). The number of piperazine rings is 1. The molecule has 0 bridgehead atoms. The van der Waals surface area contributed by atoms with E-state index in [0.29, 0.717) is 48.4 Å². The van der Waals surface area contributed by atoms with E-state index < -0.39 is 5.97 Å². The van der Waals surface area contributed by atoms with Gasteiger partial charge in [-0.25, -0.2) is 14.6 Å². The van der Waals surface area contributed by atoms with Crippen LogP contribution >= 0.6 is 23.2 Å². The zero-order chi connectivity index (χ0) is 27.7. The molecule has 4 heterocycles. The number of likely N-dealkylation sites (tertiary alicyclic amines) is 1. The number of aryl methyl sites for hydroxylation is 1. The molecular weight excluding hydrogens is 541 g/mol. The van der Waals surface area contributed by atoms with Crippen LogP contribution in [0.4, 0.5) is 5.82 Å². The quantitative estimate of drug-likeness (QED) is 0.451. The van der Waals surface area contributed by atoms with Crippen molar-refractivity contribution in [2.24, 2.45) is 0 Å². The third kappa shape index (κ3) is 5.83. The van der Waals surface area contributed by atoms with Crippen LogP contribution in [0.3, 0.4) is 0 Å². The summed E-state index contributed by atoms with van der Waals surface area (Å²) in [4.78, 5) is 40.2. The summed E-state index contributed by atoms with van der Waals surface area (Å²) in [6.45, 7) is 7.55. The molecule has 2 aliphatic rings. The van der Waals surface area contributed by atoms with Gasteiger partial charge in [0.05, 0.1) is 30.4 Å². The zero-order valence-corrected chi connectivity index (χ0v) is 23.7. The number of aromatic nitrogens is 4. The molecule has 0 radical (unpaired) electrons. The largest absolute Gasteiger partial charge is 0.481 e.